The molecule has 8 heteroatoms. The first-order valence-electron chi connectivity index (χ1n) is 9.27. The molecule has 2 heterocycles. The summed E-state index contributed by atoms with van der Waals surface area (Å²) in [6, 6.07) is 11.1. The highest BCUT2D eigenvalue weighted by molar-refractivity contribution is 8.00. The Labute approximate surface area is 174 Å². The number of nitrogens with zero attached hydrogens (tertiary/aromatic N) is 4. The van der Waals surface area contributed by atoms with E-state index >= 15 is 0 Å². The second-order valence-electron chi connectivity index (χ2n) is 6.15. The number of allylic oxidation sites excluding steroid dienone is 1. The van der Waals surface area contributed by atoms with E-state index in [-0.39, 0.29) is 11.2 Å². The van der Waals surface area contributed by atoms with Crippen LogP contribution in [0.3, 0.4) is 0 Å². The molecular weight excluding hydrogens is 386 g/mol. The van der Waals surface area contributed by atoms with Gasteiger partial charge in [-0.25, -0.2) is 0 Å². The minimum Gasteiger partial charge on any atom is -0.494 e. The summed E-state index contributed by atoms with van der Waals surface area (Å²) in [4.78, 5) is 16.8. The number of carbonyl (C=O) groups is 1. The number of amides is 1. The highest BCUT2D eigenvalue weighted by Gasteiger charge is 2.20. The van der Waals surface area contributed by atoms with Crippen molar-refractivity contribution in [3.63, 3.8) is 0 Å². The van der Waals surface area contributed by atoms with Crippen LogP contribution in [0.1, 0.15) is 13.8 Å². The number of thioether (sulfide) groups is 1. The largest absolute Gasteiger partial charge is 0.494 e. The smallest absolute Gasteiger partial charge is 0.237 e. The second kappa shape index (κ2) is 9.88. The van der Waals surface area contributed by atoms with E-state index in [2.05, 4.69) is 27.1 Å². The molecule has 3 aromatic rings. The molecule has 150 valence electrons. The zero-order valence-electron chi connectivity index (χ0n) is 16.4. The fourth-order valence-corrected chi connectivity index (χ4v) is 3.49. The van der Waals surface area contributed by atoms with Crippen LogP contribution < -0.4 is 10.1 Å². The predicted molar refractivity (Wildman–Crippen MR) is 115 cm³/mol. The fourth-order valence-electron chi connectivity index (χ4n) is 2.63. The van der Waals surface area contributed by atoms with Gasteiger partial charge in [0.1, 0.15) is 5.75 Å². The SMILES string of the molecule is C=CCn1c(S[C@H](C)C(=O)Nc2ccc(OCC)cc2)nnc1-c1cccnc1. The van der Waals surface area contributed by atoms with Crippen molar-refractivity contribution in [2.75, 3.05) is 11.9 Å². The molecule has 0 bridgehead atoms. The van der Waals surface area contributed by atoms with Crippen LogP contribution in [-0.4, -0.2) is 37.5 Å². The van der Waals surface area contributed by atoms with E-state index in [4.69, 9.17) is 4.74 Å². The fraction of sp³-hybridized carbons (Fsp3) is 0.238. The second-order valence-corrected chi connectivity index (χ2v) is 7.46. The number of hydrogen-bond acceptors (Lipinski definition) is 6. The van der Waals surface area contributed by atoms with Crippen molar-refractivity contribution < 1.29 is 9.53 Å². The molecule has 1 atom stereocenters. The van der Waals surface area contributed by atoms with E-state index in [1.54, 1.807) is 18.5 Å². The maximum Gasteiger partial charge on any atom is 0.237 e. The number of hydrogen-bond donors (Lipinski definition) is 1. The van der Waals surface area contributed by atoms with Gasteiger partial charge in [0.25, 0.3) is 0 Å². The molecule has 0 aliphatic heterocycles. The summed E-state index contributed by atoms with van der Waals surface area (Å²) >= 11 is 1.35. The minimum absolute atomic E-state index is 0.116. The van der Waals surface area contributed by atoms with Crippen LogP contribution >= 0.6 is 11.8 Å². The van der Waals surface area contributed by atoms with E-state index in [9.17, 15) is 4.79 Å². The summed E-state index contributed by atoms with van der Waals surface area (Å²) in [6.07, 6.45) is 5.22. The van der Waals surface area contributed by atoms with E-state index < -0.39 is 0 Å². The number of rotatable bonds is 9. The van der Waals surface area contributed by atoms with Gasteiger partial charge in [0.2, 0.25) is 5.91 Å². The van der Waals surface area contributed by atoms with Crippen molar-refractivity contribution in [2.24, 2.45) is 0 Å². The van der Waals surface area contributed by atoms with Gasteiger partial charge in [-0.2, -0.15) is 0 Å². The normalized spacial score (nSPS) is 11.7. The Morgan fingerprint density at radius 1 is 1.31 bits per heavy atom. The molecule has 0 aliphatic carbocycles. The molecular formula is C21H23N5O2S. The maximum absolute atomic E-state index is 12.6. The lowest BCUT2D eigenvalue weighted by Gasteiger charge is -2.13. The van der Waals surface area contributed by atoms with Gasteiger partial charge in [0.05, 0.1) is 11.9 Å². The summed E-state index contributed by atoms with van der Waals surface area (Å²) in [5.74, 6) is 1.35. The van der Waals surface area contributed by atoms with Gasteiger partial charge in [0.15, 0.2) is 11.0 Å². The van der Waals surface area contributed by atoms with E-state index in [1.807, 2.05) is 54.8 Å². The Bertz CT molecular complexity index is 957. The molecule has 2 aromatic heterocycles. The van der Waals surface area contributed by atoms with Crippen molar-refractivity contribution >= 4 is 23.4 Å². The molecule has 0 saturated carbocycles. The Hall–Kier alpha value is -3.13. The monoisotopic (exact) mass is 409 g/mol. The molecule has 29 heavy (non-hydrogen) atoms. The Morgan fingerprint density at radius 3 is 2.76 bits per heavy atom. The van der Waals surface area contributed by atoms with Crippen LogP contribution in [0, 0.1) is 0 Å². The predicted octanol–water partition coefficient (Wildman–Crippen LogP) is 4.04. The van der Waals surface area contributed by atoms with Gasteiger partial charge in [-0.3, -0.25) is 14.3 Å². The minimum atomic E-state index is -0.365. The lowest BCUT2D eigenvalue weighted by atomic mass is 10.3. The Kier molecular flexibility index (Phi) is 7.02. The van der Waals surface area contributed by atoms with Gasteiger partial charge >= 0.3 is 0 Å². The zero-order valence-corrected chi connectivity index (χ0v) is 17.2. The molecule has 0 fully saturated rings. The van der Waals surface area contributed by atoms with Crippen LogP contribution in [0.15, 0.2) is 66.6 Å². The third-order valence-corrected chi connectivity index (χ3v) is 5.11. The first kappa shape index (κ1) is 20.6. The molecule has 3 rings (SSSR count). The number of nitrogens with one attached hydrogen (secondary N) is 1. The molecule has 0 unspecified atom stereocenters. The van der Waals surface area contributed by atoms with Gasteiger partial charge in [-0.15, -0.1) is 16.8 Å². The zero-order chi connectivity index (χ0) is 20.6. The molecule has 0 aliphatic rings. The molecule has 0 radical (unpaired) electrons. The highest BCUT2D eigenvalue weighted by Crippen LogP contribution is 2.27. The quantitative estimate of drug-likeness (QED) is 0.424. The van der Waals surface area contributed by atoms with Gasteiger partial charge in [0, 0.05) is 30.2 Å². The molecule has 1 aromatic carbocycles. The number of aromatic nitrogens is 4. The molecule has 1 amide bonds. The lowest BCUT2D eigenvalue weighted by molar-refractivity contribution is -0.115. The molecule has 7 nitrogen and oxygen atoms in total. The summed E-state index contributed by atoms with van der Waals surface area (Å²) in [5.41, 5.74) is 1.58. The van der Waals surface area contributed by atoms with Crippen LogP contribution in [-0.2, 0) is 11.3 Å². The number of anilines is 1. The number of benzene rings is 1. The molecule has 1 N–H and O–H groups in total. The maximum atomic E-state index is 12.6. The van der Waals surface area contributed by atoms with E-state index in [0.29, 0.717) is 24.1 Å². The number of ether oxygens (including phenoxy) is 1. The van der Waals surface area contributed by atoms with Crippen molar-refractivity contribution in [1.82, 2.24) is 19.7 Å². The van der Waals surface area contributed by atoms with Crippen molar-refractivity contribution in [2.45, 2.75) is 30.8 Å². The summed E-state index contributed by atoms with van der Waals surface area (Å²) < 4.78 is 7.35. The Balaban J connectivity index is 1.71. The average molecular weight is 410 g/mol. The van der Waals surface area contributed by atoms with Crippen molar-refractivity contribution in [3.8, 4) is 17.1 Å². The number of pyridine rings is 1. The van der Waals surface area contributed by atoms with Gasteiger partial charge in [-0.1, -0.05) is 17.8 Å². The topological polar surface area (TPSA) is 81.9 Å². The standard InChI is InChI=1S/C21H23N5O2S/c1-4-13-26-19(16-7-6-12-22-14-16)24-25-21(26)29-15(3)20(27)23-17-8-10-18(11-9-17)28-5-2/h4,6-12,14-15H,1,5,13H2,2-3H3,(H,23,27)/t15-/m1/s1. The number of carbonyl (C=O) groups excluding carboxylic acids is 1. The third kappa shape index (κ3) is 5.23. The first-order valence-corrected chi connectivity index (χ1v) is 10.1. The van der Waals surface area contributed by atoms with Crippen LogP contribution in [0.5, 0.6) is 5.75 Å². The molecule has 0 saturated heterocycles. The Morgan fingerprint density at radius 2 is 2.10 bits per heavy atom. The first-order chi connectivity index (χ1) is 14.1. The van der Waals surface area contributed by atoms with E-state index in [1.165, 1.54) is 11.8 Å². The van der Waals surface area contributed by atoms with Gasteiger partial charge < -0.3 is 10.1 Å². The molecule has 0 spiro atoms. The summed E-state index contributed by atoms with van der Waals surface area (Å²) in [6.45, 7) is 8.72. The average Bonchev–Trinajstić information content (AvgIpc) is 3.13. The highest BCUT2D eigenvalue weighted by atomic mass is 32.2. The van der Waals surface area contributed by atoms with Crippen LogP contribution in [0.2, 0.25) is 0 Å². The van der Waals surface area contributed by atoms with E-state index in [0.717, 1.165) is 17.0 Å². The van der Waals surface area contributed by atoms with Crippen molar-refractivity contribution in [1.29, 1.82) is 0 Å². The van der Waals surface area contributed by atoms with Gasteiger partial charge in [-0.05, 0) is 50.2 Å². The third-order valence-electron chi connectivity index (χ3n) is 4.03. The van der Waals surface area contributed by atoms with Crippen LogP contribution in [0.4, 0.5) is 5.69 Å². The van der Waals surface area contributed by atoms with Crippen molar-refractivity contribution in [3.05, 3.63) is 61.4 Å². The van der Waals surface area contributed by atoms with Crippen LogP contribution in [0.25, 0.3) is 11.4 Å². The summed E-state index contributed by atoms with van der Waals surface area (Å²) in [7, 11) is 0. The summed E-state index contributed by atoms with van der Waals surface area (Å²) in [5, 5.41) is 11.8. The lowest BCUT2D eigenvalue weighted by Crippen LogP contribution is -2.23.